The van der Waals surface area contributed by atoms with Gasteiger partial charge in [0.25, 0.3) is 0 Å². The van der Waals surface area contributed by atoms with Gasteiger partial charge in [-0.05, 0) is 30.2 Å². The lowest BCUT2D eigenvalue weighted by atomic mass is 10.1. The molecule has 0 N–H and O–H groups in total. The van der Waals surface area contributed by atoms with Gasteiger partial charge in [-0.2, -0.15) is 10.2 Å². The summed E-state index contributed by atoms with van der Waals surface area (Å²) >= 11 is 0. The van der Waals surface area contributed by atoms with Crippen LogP contribution in [0.4, 0.5) is 4.39 Å². The fourth-order valence-corrected chi connectivity index (χ4v) is 1.46. The van der Waals surface area contributed by atoms with Crippen molar-refractivity contribution in [1.82, 2.24) is 10.2 Å². The third kappa shape index (κ3) is 2.08. The molecule has 2 aromatic rings. The minimum absolute atomic E-state index is 0.269. The van der Waals surface area contributed by atoms with Gasteiger partial charge in [0.05, 0.1) is 11.4 Å². The Morgan fingerprint density at radius 1 is 1.00 bits per heavy atom. The van der Waals surface area contributed by atoms with Crippen molar-refractivity contribution < 1.29 is 4.39 Å². The Bertz CT molecular complexity index is 478. The molecule has 3 heteroatoms. The van der Waals surface area contributed by atoms with E-state index in [0.29, 0.717) is 17.2 Å². The predicted octanol–water partition coefficient (Wildman–Crippen LogP) is 3.41. The van der Waals surface area contributed by atoms with E-state index in [4.69, 9.17) is 0 Å². The molecule has 0 aliphatic heterocycles. The van der Waals surface area contributed by atoms with Crippen molar-refractivity contribution in [1.29, 1.82) is 0 Å². The van der Waals surface area contributed by atoms with Gasteiger partial charge in [-0.1, -0.05) is 26.0 Å². The number of nitrogens with zero attached hydrogens (tertiary/aromatic N) is 2. The minimum Gasteiger partial charge on any atom is -0.206 e. The maximum Gasteiger partial charge on any atom is 0.132 e. The van der Waals surface area contributed by atoms with Gasteiger partial charge >= 0.3 is 0 Å². The van der Waals surface area contributed by atoms with Crippen molar-refractivity contribution in [3.8, 4) is 11.3 Å². The van der Waals surface area contributed by atoms with Crippen LogP contribution in [-0.2, 0) is 0 Å². The van der Waals surface area contributed by atoms with Crippen LogP contribution in [0.2, 0.25) is 0 Å². The van der Waals surface area contributed by atoms with Gasteiger partial charge in [-0.3, -0.25) is 0 Å². The molecule has 1 aromatic carbocycles. The molecule has 0 saturated heterocycles. The van der Waals surface area contributed by atoms with E-state index in [1.807, 2.05) is 19.9 Å². The average Bonchev–Trinajstić information content (AvgIpc) is 2.30. The Morgan fingerprint density at radius 2 is 1.75 bits per heavy atom. The molecule has 16 heavy (non-hydrogen) atoms. The highest BCUT2D eigenvalue weighted by molar-refractivity contribution is 5.59. The van der Waals surface area contributed by atoms with Crippen LogP contribution >= 0.6 is 0 Å². The van der Waals surface area contributed by atoms with Gasteiger partial charge in [0.15, 0.2) is 0 Å². The summed E-state index contributed by atoms with van der Waals surface area (Å²) in [5.74, 6) is 0.0660. The molecule has 82 valence electrons. The number of rotatable bonds is 2. The number of aromatic nitrogens is 2. The Kier molecular flexibility index (Phi) is 2.95. The lowest BCUT2D eigenvalue weighted by molar-refractivity contribution is 0.630. The van der Waals surface area contributed by atoms with Crippen molar-refractivity contribution in [3.63, 3.8) is 0 Å². The summed E-state index contributed by atoms with van der Waals surface area (Å²) in [6.45, 7) is 4.10. The normalized spacial score (nSPS) is 10.8. The second-order valence-electron chi connectivity index (χ2n) is 3.98. The average molecular weight is 216 g/mol. The Hall–Kier alpha value is -1.77. The van der Waals surface area contributed by atoms with Crippen LogP contribution in [-0.4, -0.2) is 10.2 Å². The summed E-state index contributed by atoms with van der Waals surface area (Å²) in [6.07, 6.45) is 0. The molecule has 2 rings (SSSR count). The van der Waals surface area contributed by atoms with E-state index in [0.717, 1.165) is 5.69 Å². The monoisotopic (exact) mass is 216 g/mol. The second-order valence-corrected chi connectivity index (χ2v) is 3.98. The van der Waals surface area contributed by atoms with Gasteiger partial charge in [0, 0.05) is 5.56 Å². The van der Waals surface area contributed by atoms with Crippen LogP contribution in [0.15, 0.2) is 36.4 Å². The fraction of sp³-hybridized carbons (Fsp3) is 0.231. The Labute approximate surface area is 94.2 Å². The first-order valence-electron chi connectivity index (χ1n) is 5.27. The van der Waals surface area contributed by atoms with E-state index in [1.54, 1.807) is 24.3 Å². The molecule has 1 heterocycles. The lowest BCUT2D eigenvalue weighted by Gasteiger charge is -2.05. The topological polar surface area (TPSA) is 25.8 Å². The second kappa shape index (κ2) is 4.39. The zero-order chi connectivity index (χ0) is 11.5. The molecule has 0 aliphatic carbocycles. The Morgan fingerprint density at radius 3 is 2.31 bits per heavy atom. The highest BCUT2D eigenvalue weighted by Gasteiger charge is 2.07. The number of halogens is 1. The zero-order valence-corrected chi connectivity index (χ0v) is 9.31. The highest BCUT2D eigenvalue weighted by atomic mass is 19.1. The number of benzene rings is 1. The van der Waals surface area contributed by atoms with Crippen molar-refractivity contribution in [2.45, 2.75) is 19.8 Å². The summed E-state index contributed by atoms with van der Waals surface area (Å²) < 4.78 is 13.5. The third-order valence-corrected chi connectivity index (χ3v) is 2.43. The van der Waals surface area contributed by atoms with E-state index in [1.165, 1.54) is 6.07 Å². The van der Waals surface area contributed by atoms with Gasteiger partial charge < -0.3 is 0 Å². The molecule has 0 saturated carbocycles. The van der Waals surface area contributed by atoms with Crippen molar-refractivity contribution in [2.24, 2.45) is 0 Å². The smallest absolute Gasteiger partial charge is 0.132 e. The molecule has 2 nitrogen and oxygen atoms in total. The van der Waals surface area contributed by atoms with Crippen LogP contribution in [0.25, 0.3) is 11.3 Å². The molecule has 0 bridgehead atoms. The standard InChI is InChI=1S/C13H13FN2/c1-9(2)12-7-8-13(16-15-12)10-5-3-4-6-11(10)14/h3-9H,1-2H3. The van der Waals surface area contributed by atoms with Gasteiger partial charge in [-0.15, -0.1) is 0 Å². The fourth-order valence-electron chi connectivity index (χ4n) is 1.46. The predicted molar refractivity (Wildman–Crippen MR) is 61.5 cm³/mol. The van der Waals surface area contributed by atoms with Crippen LogP contribution in [0.5, 0.6) is 0 Å². The summed E-state index contributed by atoms with van der Waals surface area (Å²) in [4.78, 5) is 0. The van der Waals surface area contributed by atoms with Crippen LogP contribution in [0, 0.1) is 5.82 Å². The first-order valence-corrected chi connectivity index (χ1v) is 5.27. The van der Waals surface area contributed by atoms with Gasteiger partial charge in [0.2, 0.25) is 0 Å². The highest BCUT2D eigenvalue weighted by Crippen LogP contribution is 2.20. The Balaban J connectivity index is 2.39. The van der Waals surface area contributed by atoms with Crippen molar-refractivity contribution in [2.75, 3.05) is 0 Å². The first kappa shape index (κ1) is 10.7. The van der Waals surface area contributed by atoms with Crippen molar-refractivity contribution >= 4 is 0 Å². The van der Waals surface area contributed by atoms with E-state index >= 15 is 0 Å². The largest absolute Gasteiger partial charge is 0.206 e. The number of hydrogen-bond donors (Lipinski definition) is 0. The zero-order valence-electron chi connectivity index (χ0n) is 9.31. The summed E-state index contributed by atoms with van der Waals surface area (Å²) in [6, 6.07) is 10.3. The molecule has 1 aromatic heterocycles. The molecule has 0 spiro atoms. The van der Waals surface area contributed by atoms with E-state index in [-0.39, 0.29) is 5.82 Å². The minimum atomic E-state index is -0.269. The number of hydrogen-bond acceptors (Lipinski definition) is 2. The van der Waals surface area contributed by atoms with Gasteiger partial charge in [-0.25, -0.2) is 4.39 Å². The van der Waals surface area contributed by atoms with Crippen LogP contribution < -0.4 is 0 Å². The van der Waals surface area contributed by atoms with Crippen LogP contribution in [0.1, 0.15) is 25.5 Å². The molecule has 0 atom stereocenters. The van der Waals surface area contributed by atoms with Crippen LogP contribution in [0.3, 0.4) is 0 Å². The summed E-state index contributed by atoms with van der Waals surface area (Å²) in [7, 11) is 0. The van der Waals surface area contributed by atoms with Gasteiger partial charge in [0.1, 0.15) is 5.82 Å². The molecule has 0 aliphatic rings. The molecule has 0 amide bonds. The SMILES string of the molecule is CC(C)c1ccc(-c2ccccc2F)nn1. The molecular weight excluding hydrogens is 203 g/mol. The quantitative estimate of drug-likeness (QED) is 0.768. The van der Waals surface area contributed by atoms with E-state index in [2.05, 4.69) is 10.2 Å². The van der Waals surface area contributed by atoms with E-state index in [9.17, 15) is 4.39 Å². The first-order chi connectivity index (χ1) is 7.68. The maximum atomic E-state index is 13.5. The summed E-state index contributed by atoms with van der Waals surface area (Å²) in [5, 5.41) is 8.12. The third-order valence-electron chi connectivity index (χ3n) is 2.43. The summed E-state index contributed by atoms with van der Waals surface area (Å²) in [5.41, 5.74) is 1.98. The maximum absolute atomic E-state index is 13.5. The molecule has 0 fully saturated rings. The molecular formula is C13H13FN2. The lowest BCUT2D eigenvalue weighted by Crippen LogP contribution is -1.97. The molecule has 0 radical (unpaired) electrons. The molecule has 0 unspecified atom stereocenters. The van der Waals surface area contributed by atoms with E-state index < -0.39 is 0 Å². The van der Waals surface area contributed by atoms with Crippen molar-refractivity contribution in [3.05, 3.63) is 47.9 Å².